The van der Waals surface area contributed by atoms with Gasteiger partial charge in [0.25, 0.3) is 0 Å². The molecule has 31 heavy (non-hydrogen) atoms. The minimum absolute atomic E-state index is 0.00865. The third-order valence-electron chi connectivity index (χ3n) is 6.13. The van der Waals surface area contributed by atoms with Crippen LogP contribution >= 0.6 is 11.3 Å². The number of likely N-dealkylation sites (tertiary alicyclic amines) is 1. The molecule has 1 N–H and O–H groups in total. The van der Waals surface area contributed by atoms with Gasteiger partial charge in [-0.2, -0.15) is 8.78 Å². The molecule has 170 valence electrons. The molecule has 0 unspecified atom stereocenters. The summed E-state index contributed by atoms with van der Waals surface area (Å²) < 4.78 is 30.0. The molecule has 0 bridgehead atoms. The normalized spacial score (nSPS) is 22.6. The number of pyridine rings is 1. The number of aliphatic carboxylic acids is 1. The largest absolute Gasteiger partial charge is 0.481 e. The standard InChI is InChI=1S/C22H29F2N3O3S/c1-5-22(19(28)29)9-14(21(2,3)4)11-27(13-22)12-17-26-10-16(31-17)18-15(30-20(23)24)7-6-8-25-18/h6-8,10,14,20H,5,9,11-13H2,1-4H3,(H,28,29)/t14-,22-/m1/s1. The minimum atomic E-state index is -2.93. The van der Waals surface area contributed by atoms with E-state index in [-0.39, 0.29) is 17.1 Å². The molecule has 1 aliphatic rings. The fourth-order valence-electron chi connectivity index (χ4n) is 4.12. The second-order valence-corrected chi connectivity index (χ2v) is 10.3. The third kappa shape index (κ3) is 5.38. The minimum Gasteiger partial charge on any atom is -0.481 e. The molecule has 2 atom stereocenters. The van der Waals surface area contributed by atoms with Crippen LogP contribution in [-0.4, -0.2) is 45.6 Å². The Morgan fingerprint density at radius 2 is 2.16 bits per heavy atom. The molecule has 0 aliphatic carbocycles. The van der Waals surface area contributed by atoms with Crippen molar-refractivity contribution in [3.05, 3.63) is 29.5 Å². The summed E-state index contributed by atoms with van der Waals surface area (Å²) in [6.07, 6.45) is 4.35. The summed E-state index contributed by atoms with van der Waals surface area (Å²) in [6, 6.07) is 2.99. The summed E-state index contributed by atoms with van der Waals surface area (Å²) >= 11 is 1.36. The molecule has 0 aromatic carbocycles. The number of hydrogen-bond donors (Lipinski definition) is 1. The van der Waals surface area contributed by atoms with Gasteiger partial charge in [0, 0.05) is 25.5 Å². The van der Waals surface area contributed by atoms with Crippen LogP contribution < -0.4 is 4.74 Å². The highest BCUT2D eigenvalue weighted by Crippen LogP contribution is 2.44. The van der Waals surface area contributed by atoms with Crippen molar-refractivity contribution in [1.29, 1.82) is 0 Å². The first-order chi connectivity index (χ1) is 14.5. The number of piperidine rings is 1. The lowest BCUT2D eigenvalue weighted by Crippen LogP contribution is -2.53. The summed E-state index contributed by atoms with van der Waals surface area (Å²) in [6.45, 7) is 7.20. The Kier molecular flexibility index (Phi) is 6.95. The highest BCUT2D eigenvalue weighted by Gasteiger charge is 2.47. The van der Waals surface area contributed by atoms with Gasteiger partial charge in [-0.1, -0.05) is 27.7 Å². The van der Waals surface area contributed by atoms with Crippen molar-refractivity contribution < 1.29 is 23.4 Å². The maximum atomic E-state index is 12.7. The number of halogens is 2. The molecule has 1 aliphatic heterocycles. The van der Waals surface area contributed by atoms with Crippen LogP contribution in [0.2, 0.25) is 0 Å². The monoisotopic (exact) mass is 453 g/mol. The molecular weight excluding hydrogens is 424 g/mol. The van der Waals surface area contributed by atoms with E-state index < -0.39 is 18.0 Å². The first-order valence-corrected chi connectivity index (χ1v) is 11.2. The molecule has 0 amide bonds. The molecule has 3 rings (SSSR count). The van der Waals surface area contributed by atoms with Gasteiger partial charge in [0.2, 0.25) is 0 Å². The highest BCUT2D eigenvalue weighted by molar-refractivity contribution is 7.15. The zero-order chi connectivity index (χ0) is 22.8. The topological polar surface area (TPSA) is 75.5 Å². The van der Waals surface area contributed by atoms with Crippen molar-refractivity contribution in [2.24, 2.45) is 16.7 Å². The fourth-order valence-corrected chi connectivity index (χ4v) is 5.08. The number of nitrogens with zero attached hydrogens (tertiary/aromatic N) is 3. The molecular formula is C22H29F2N3O3S. The van der Waals surface area contributed by atoms with Crippen LogP contribution in [0.15, 0.2) is 24.5 Å². The lowest BCUT2D eigenvalue weighted by molar-refractivity contribution is -0.156. The molecule has 2 aromatic heterocycles. The van der Waals surface area contributed by atoms with E-state index in [0.717, 1.165) is 11.6 Å². The van der Waals surface area contributed by atoms with Gasteiger partial charge in [0.15, 0.2) is 5.75 Å². The maximum Gasteiger partial charge on any atom is 0.387 e. The van der Waals surface area contributed by atoms with E-state index in [2.05, 4.69) is 40.4 Å². The van der Waals surface area contributed by atoms with Crippen LogP contribution in [0.1, 0.15) is 45.5 Å². The van der Waals surface area contributed by atoms with Gasteiger partial charge >= 0.3 is 12.6 Å². The smallest absolute Gasteiger partial charge is 0.387 e. The van der Waals surface area contributed by atoms with Gasteiger partial charge in [-0.3, -0.25) is 14.7 Å². The van der Waals surface area contributed by atoms with Crippen LogP contribution in [0.3, 0.4) is 0 Å². The first-order valence-electron chi connectivity index (χ1n) is 10.3. The van der Waals surface area contributed by atoms with E-state index in [9.17, 15) is 18.7 Å². The molecule has 1 fully saturated rings. The van der Waals surface area contributed by atoms with Crippen LogP contribution in [0, 0.1) is 16.7 Å². The predicted octanol–water partition coefficient (Wildman–Crippen LogP) is 5.16. The number of carboxylic acid groups (broad SMARTS) is 1. The SMILES string of the molecule is CC[C@@]1(C(=O)O)C[C@@H](C(C)(C)C)CN(Cc2ncc(-c3ncccc3OC(F)F)s2)C1. The summed E-state index contributed by atoms with van der Waals surface area (Å²) in [5, 5.41) is 10.8. The maximum absolute atomic E-state index is 12.7. The number of aromatic nitrogens is 2. The molecule has 6 nitrogen and oxygen atoms in total. The van der Waals surface area contributed by atoms with Crippen LogP contribution in [0.4, 0.5) is 8.78 Å². The van der Waals surface area contributed by atoms with Crippen molar-refractivity contribution in [3.8, 4) is 16.3 Å². The number of thiazole rings is 1. The van der Waals surface area contributed by atoms with Crippen LogP contribution in [0.5, 0.6) is 5.75 Å². The van der Waals surface area contributed by atoms with Crippen LogP contribution in [-0.2, 0) is 11.3 Å². The zero-order valence-corrected chi connectivity index (χ0v) is 19.1. The molecule has 2 aromatic rings. The number of alkyl halides is 2. The van der Waals surface area contributed by atoms with Gasteiger partial charge in [0.05, 0.1) is 16.8 Å². The van der Waals surface area contributed by atoms with Crippen molar-refractivity contribution in [1.82, 2.24) is 14.9 Å². The lowest BCUT2D eigenvalue weighted by atomic mass is 9.66. The summed E-state index contributed by atoms with van der Waals surface area (Å²) in [4.78, 5) is 23.6. The Bertz CT molecular complexity index is 915. The summed E-state index contributed by atoms with van der Waals surface area (Å²) in [7, 11) is 0. The van der Waals surface area contributed by atoms with E-state index in [4.69, 9.17) is 0 Å². The van der Waals surface area contributed by atoms with Crippen molar-refractivity contribution in [2.75, 3.05) is 13.1 Å². The van der Waals surface area contributed by atoms with Crippen molar-refractivity contribution >= 4 is 17.3 Å². The van der Waals surface area contributed by atoms with Gasteiger partial charge in [-0.15, -0.1) is 11.3 Å². The van der Waals surface area contributed by atoms with Gasteiger partial charge in [-0.25, -0.2) is 4.98 Å². The van der Waals surface area contributed by atoms with Crippen LogP contribution in [0.25, 0.3) is 10.6 Å². The number of carbonyl (C=O) groups is 1. The van der Waals surface area contributed by atoms with Gasteiger partial charge in [-0.05, 0) is 36.3 Å². The van der Waals surface area contributed by atoms with E-state index in [1.807, 2.05) is 6.92 Å². The second-order valence-electron chi connectivity index (χ2n) is 9.22. The van der Waals surface area contributed by atoms with E-state index in [0.29, 0.717) is 36.5 Å². The molecule has 1 saturated heterocycles. The summed E-state index contributed by atoms with van der Waals surface area (Å²) in [5.74, 6) is -0.510. The third-order valence-corrected chi connectivity index (χ3v) is 7.12. The zero-order valence-electron chi connectivity index (χ0n) is 18.3. The van der Waals surface area contributed by atoms with Crippen molar-refractivity contribution in [2.45, 2.75) is 53.7 Å². The fraction of sp³-hybridized carbons (Fsp3) is 0.591. The quantitative estimate of drug-likeness (QED) is 0.624. The predicted molar refractivity (Wildman–Crippen MR) is 115 cm³/mol. The number of rotatable bonds is 7. The number of carboxylic acids is 1. The number of ether oxygens (including phenoxy) is 1. The Balaban J connectivity index is 1.83. The molecule has 3 heterocycles. The Labute approximate surface area is 185 Å². The Morgan fingerprint density at radius 3 is 2.77 bits per heavy atom. The average Bonchev–Trinajstić information content (AvgIpc) is 3.15. The second kappa shape index (κ2) is 9.16. The highest BCUT2D eigenvalue weighted by atomic mass is 32.1. The average molecular weight is 454 g/mol. The van der Waals surface area contributed by atoms with Gasteiger partial charge < -0.3 is 9.84 Å². The Hall–Kier alpha value is -2.13. The van der Waals surface area contributed by atoms with E-state index in [1.54, 1.807) is 12.3 Å². The molecule has 0 saturated carbocycles. The number of hydrogen-bond acceptors (Lipinski definition) is 6. The lowest BCUT2D eigenvalue weighted by Gasteiger charge is -2.47. The van der Waals surface area contributed by atoms with E-state index >= 15 is 0 Å². The van der Waals surface area contributed by atoms with E-state index in [1.165, 1.54) is 23.6 Å². The molecule has 0 radical (unpaired) electrons. The molecule has 0 spiro atoms. The summed E-state index contributed by atoms with van der Waals surface area (Å²) in [5.41, 5.74) is -0.473. The molecule has 9 heteroatoms. The van der Waals surface area contributed by atoms with Crippen molar-refractivity contribution in [3.63, 3.8) is 0 Å². The Morgan fingerprint density at radius 1 is 1.42 bits per heavy atom. The van der Waals surface area contributed by atoms with Gasteiger partial charge in [0.1, 0.15) is 10.7 Å². The first kappa shape index (κ1) is 23.5.